The molecule has 8 heteroatoms. The zero-order valence-electron chi connectivity index (χ0n) is 23.0. The summed E-state index contributed by atoms with van der Waals surface area (Å²) >= 11 is 6.17. The molecule has 1 N–H and O–H groups in total. The topological polar surface area (TPSA) is 92.8 Å². The molecule has 0 unspecified atom stereocenters. The van der Waals surface area contributed by atoms with Gasteiger partial charge in [-0.15, -0.1) is 0 Å². The Labute approximate surface area is 252 Å². The highest BCUT2D eigenvalue weighted by molar-refractivity contribution is 6.30. The molecule has 0 radical (unpaired) electrons. The van der Waals surface area contributed by atoms with Gasteiger partial charge in [0.1, 0.15) is 17.2 Å². The zero-order valence-corrected chi connectivity index (χ0v) is 23.7. The van der Waals surface area contributed by atoms with Crippen molar-refractivity contribution in [3.05, 3.63) is 136 Å². The molecule has 43 heavy (non-hydrogen) atoms. The SMILES string of the molecule is CC(=O)Oc1ccc(C(=O)[C@@H]2[C@@H](C(=O)c3ccc(Cl)cc3)[C@@]3(C(=O)Nc4ccccc43)[C@H]3c4ccccc4C=CN23)cc1. The molecule has 7 rings (SSSR count). The third kappa shape index (κ3) is 4.03. The number of carbonyl (C=O) groups excluding carboxylic acids is 4. The molecule has 0 aliphatic carbocycles. The van der Waals surface area contributed by atoms with Gasteiger partial charge in [-0.1, -0.05) is 54.1 Å². The van der Waals surface area contributed by atoms with Crippen LogP contribution in [-0.2, 0) is 15.0 Å². The molecular weight excluding hydrogens is 564 g/mol. The maximum Gasteiger partial charge on any atom is 0.308 e. The molecule has 3 aliphatic heterocycles. The van der Waals surface area contributed by atoms with Crippen molar-refractivity contribution in [2.45, 2.75) is 24.4 Å². The van der Waals surface area contributed by atoms with Gasteiger partial charge >= 0.3 is 5.97 Å². The summed E-state index contributed by atoms with van der Waals surface area (Å²) in [5.74, 6) is -2.27. The molecule has 3 heterocycles. The smallest absolute Gasteiger partial charge is 0.308 e. The number of rotatable bonds is 5. The van der Waals surface area contributed by atoms with Gasteiger partial charge in [0.15, 0.2) is 11.6 Å². The quantitative estimate of drug-likeness (QED) is 0.168. The Balaban J connectivity index is 1.48. The monoisotopic (exact) mass is 588 g/mol. The lowest BCUT2D eigenvalue weighted by molar-refractivity contribution is -0.131. The molecule has 1 spiro atoms. The number of halogens is 1. The second-order valence-electron chi connectivity index (χ2n) is 10.9. The number of amides is 1. The summed E-state index contributed by atoms with van der Waals surface area (Å²) in [6, 6.07) is 26.2. The predicted molar refractivity (Wildman–Crippen MR) is 162 cm³/mol. The molecule has 212 valence electrons. The Morgan fingerprint density at radius 3 is 2.23 bits per heavy atom. The van der Waals surface area contributed by atoms with Crippen LogP contribution in [0.25, 0.3) is 6.08 Å². The van der Waals surface area contributed by atoms with Crippen LogP contribution < -0.4 is 10.1 Å². The average molecular weight is 589 g/mol. The van der Waals surface area contributed by atoms with Crippen LogP contribution in [-0.4, -0.2) is 34.4 Å². The molecule has 7 nitrogen and oxygen atoms in total. The van der Waals surface area contributed by atoms with Crippen LogP contribution in [0.2, 0.25) is 5.02 Å². The Kier molecular flexibility index (Phi) is 6.29. The van der Waals surface area contributed by atoms with Gasteiger partial charge in [0.05, 0.1) is 12.0 Å². The maximum absolute atomic E-state index is 14.8. The number of hydrogen-bond donors (Lipinski definition) is 1. The Morgan fingerprint density at radius 1 is 0.837 bits per heavy atom. The Bertz CT molecular complexity index is 1850. The summed E-state index contributed by atoms with van der Waals surface area (Å²) in [5, 5.41) is 3.51. The van der Waals surface area contributed by atoms with E-state index in [1.807, 2.05) is 65.7 Å². The minimum absolute atomic E-state index is 0.300. The highest BCUT2D eigenvalue weighted by Gasteiger charge is 2.70. The lowest BCUT2D eigenvalue weighted by atomic mass is 9.62. The van der Waals surface area contributed by atoms with Gasteiger partial charge in [0, 0.05) is 35.0 Å². The predicted octanol–water partition coefficient (Wildman–Crippen LogP) is 6.25. The van der Waals surface area contributed by atoms with Crippen molar-refractivity contribution in [2.75, 3.05) is 5.32 Å². The highest BCUT2D eigenvalue weighted by atomic mass is 35.5. The fourth-order valence-corrected chi connectivity index (χ4v) is 7.11. The number of ketones is 2. The Morgan fingerprint density at radius 2 is 1.49 bits per heavy atom. The van der Waals surface area contributed by atoms with Crippen LogP contribution in [0.1, 0.15) is 50.4 Å². The van der Waals surface area contributed by atoms with Crippen molar-refractivity contribution in [2.24, 2.45) is 5.92 Å². The lowest BCUT2D eigenvalue weighted by Gasteiger charge is -2.38. The minimum Gasteiger partial charge on any atom is -0.427 e. The molecule has 3 aliphatic rings. The van der Waals surface area contributed by atoms with E-state index in [9.17, 15) is 19.2 Å². The van der Waals surface area contributed by atoms with E-state index in [1.54, 1.807) is 48.5 Å². The summed E-state index contributed by atoms with van der Waals surface area (Å²) in [6.07, 6.45) is 3.74. The van der Waals surface area contributed by atoms with Crippen LogP contribution >= 0.6 is 11.6 Å². The number of Topliss-reactive ketones (excluding diaryl/α,β-unsaturated/α-hetero) is 2. The number of benzene rings is 4. The normalized spacial score (nSPS) is 22.9. The first-order chi connectivity index (χ1) is 20.8. The van der Waals surface area contributed by atoms with E-state index >= 15 is 0 Å². The van der Waals surface area contributed by atoms with E-state index in [0.29, 0.717) is 33.1 Å². The fourth-order valence-electron chi connectivity index (χ4n) is 6.99. The van der Waals surface area contributed by atoms with Crippen molar-refractivity contribution in [3.8, 4) is 5.75 Å². The molecule has 0 saturated carbocycles. The third-order valence-electron chi connectivity index (χ3n) is 8.65. The summed E-state index contributed by atoms with van der Waals surface area (Å²) < 4.78 is 5.17. The molecule has 0 aromatic heterocycles. The van der Waals surface area contributed by atoms with Crippen molar-refractivity contribution in [1.29, 1.82) is 0 Å². The van der Waals surface area contributed by atoms with Crippen molar-refractivity contribution in [1.82, 2.24) is 4.90 Å². The van der Waals surface area contributed by atoms with E-state index < -0.39 is 29.4 Å². The second-order valence-corrected chi connectivity index (χ2v) is 11.4. The van der Waals surface area contributed by atoms with Gasteiger partial charge < -0.3 is 15.0 Å². The highest BCUT2D eigenvalue weighted by Crippen LogP contribution is 2.62. The molecule has 4 atom stereocenters. The zero-order chi connectivity index (χ0) is 29.9. The third-order valence-corrected chi connectivity index (χ3v) is 8.90. The first-order valence-electron chi connectivity index (χ1n) is 13.9. The number of nitrogens with one attached hydrogen (secondary N) is 1. The van der Waals surface area contributed by atoms with E-state index in [1.165, 1.54) is 6.92 Å². The van der Waals surface area contributed by atoms with E-state index in [-0.39, 0.29) is 17.5 Å². The van der Waals surface area contributed by atoms with Crippen LogP contribution in [0.5, 0.6) is 5.75 Å². The van der Waals surface area contributed by atoms with Crippen LogP contribution in [0.15, 0.2) is 103 Å². The van der Waals surface area contributed by atoms with Crippen molar-refractivity contribution >= 4 is 46.8 Å². The first-order valence-corrected chi connectivity index (χ1v) is 14.3. The molecule has 1 fully saturated rings. The van der Waals surface area contributed by atoms with Gasteiger partial charge in [-0.25, -0.2) is 0 Å². The van der Waals surface area contributed by atoms with Crippen molar-refractivity contribution < 1.29 is 23.9 Å². The van der Waals surface area contributed by atoms with Crippen molar-refractivity contribution in [3.63, 3.8) is 0 Å². The van der Waals surface area contributed by atoms with E-state index in [4.69, 9.17) is 16.3 Å². The number of para-hydroxylation sites is 1. The van der Waals surface area contributed by atoms with Gasteiger partial charge in [-0.2, -0.15) is 0 Å². The minimum atomic E-state index is -1.42. The summed E-state index contributed by atoms with van der Waals surface area (Å²) in [6.45, 7) is 1.30. The number of anilines is 1. The van der Waals surface area contributed by atoms with Crippen LogP contribution in [0, 0.1) is 5.92 Å². The summed E-state index contributed by atoms with van der Waals surface area (Å²) in [7, 11) is 0. The Hall–Kier alpha value is -5.01. The number of hydrogen-bond acceptors (Lipinski definition) is 6. The van der Waals surface area contributed by atoms with Gasteiger partial charge in [-0.3, -0.25) is 19.2 Å². The summed E-state index contributed by atoms with van der Waals surface area (Å²) in [5.41, 5.74) is 2.31. The summed E-state index contributed by atoms with van der Waals surface area (Å²) in [4.78, 5) is 57.2. The number of nitrogens with zero attached hydrogens (tertiary/aromatic N) is 1. The molecular formula is C35H25ClN2O5. The standard InChI is InChI=1S/C35H25ClN2O5/c1-20(39)43-25-16-12-23(13-17-25)32(41)30-29(31(40)22-10-14-24(36)15-11-22)35(27-8-4-5-9-28(27)37-34(35)42)33-26-7-3-2-6-21(26)18-19-38(30)33/h2-19,29-30,33H,1H3,(H,37,42)/t29-,30-,33+,35+/m0/s1. The first kappa shape index (κ1) is 26.9. The van der Waals surface area contributed by atoms with Crippen LogP contribution in [0.4, 0.5) is 5.69 Å². The maximum atomic E-state index is 14.8. The lowest BCUT2D eigenvalue weighted by Crippen LogP contribution is -2.49. The largest absolute Gasteiger partial charge is 0.427 e. The number of fused-ring (bicyclic) bond motifs is 6. The molecule has 4 aromatic carbocycles. The molecule has 1 amide bonds. The fraction of sp³-hybridized carbons (Fsp3) is 0.143. The van der Waals surface area contributed by atoms with E-state index in [0.717, 1.165) is 11.1 Å². The van der Waals surface area contributed by atoms with Gasteiger partial charge in [-0.05, 0) is 77.4 Å². The number of ether oxygens (including phenoxy) is 1. The van der Waals surface area contributed by atoms with Gasteiger partial charge in [0.2, 0.25) is 5.91 Å². The molecule has 0 bridgehead atoms. The van der Waals surface area contributed by atoms with Gasteiger partial charge in [0.25, 0.3) is 0 Å². The number of esters is 1. The van der Waals surface area contributed by atoms with E-state index in [2.05, 4.69) is 5.32 Å². The molecule has 1 saturated heterocycles. The molecule has 4 aromatic rings. The van der Waals surface area contributed by atoms with Crippen LogP contribution in [0.3, 0.4) is 0 Å². The number of carbonyl (C=O) groups is 4. The average Bonchev–Trinajstić information content (AvgIpc) is 3.49. The second kappa shape index (κ2) is 10.1.